The lowest BCUT2D eigenvalue weighted by Gasteiger charge is -2.00. The summed E-state index contributed by atoms with van der Waals surface area (Å²) in [5.74, 6) is -0.771. The number of rotatable bonds is 2. The summed E-state index contributed by atoms with van der Waals surface area (Å²) in [6, 6.07) is 0. The highest BCUT2D eigenvalue weighted by Gasteiger charge is 2.05. The normalized spacial score (nSPS) is 11.0. The van der Waals surface area contributed by atoms with Crippen LogP contribution in [0.4, 0.5) is 0 Å². The summed E-state index contributed by atoms with van der Waals surface area (Å²) in [5, 5.41) is 0. The largest absolute Gasteiger partial charge is 0.460 e. The summed E-state index contributed by atoms with van der Waals surface area (Å²) >= 11 is 5.59. The summed E-state index contributed by atoms with van der Waals surface area (Å²) in [7, 11) is -4.05. The van der Waals surface area contributed by atoms with Gasteiger partial charge in [0.15, 0.2) is 0 Å². The van der Waals surface area contributed by atoms with Gasteiger partial charge in [0.05, 0.1) is 0 Å². The van der Waals surface area contributed by atoms with Crippen LogP contribution in [0.1, 0.15) is 0 Å². The topological polar surface area (TPSA) is 63.6 Å². The Morgan fingerprint density at radius 2 is 2.30 bits per heavy atom. The molecule has 0 aromatic carbocycles. The second kappa shape index (κ2) is 4.12. The maximum absolute atomic E-state index is 10.0. The van der Waals surface area contributed by atoms with Crippen molar-refractivity contribution in [3.63, 3.8) is 0 Å². The second-order valence-corrected chi connectivity index (χ2v) is 4.11. The molecule has 0 aliphatic rings. The van der Waals surface area contributed by atoms with Crippen LogP contribution in [-0.4, -0.2) is 29.5 Å². The molecule has 0 fully saturated rings. The van der Waals surface area contributed by atoms with Gasteiger partial charge in [0.1, 0.15) is 0 Å². The molecule has 0 atom stereocenters. The van der Waals surface area contributed by atoms with Crippen molar-refractivity contribution < 1.29 is 17.7 Å². The van der Waals surface area contributed by atoms with Gasteiger partial charge in [0.2, 0.25) is 10.3 Å². The fourth-order valence-electron chi connectivity index (χ4n) is 0.182. The zero-order chi connectivity index (χ0) is 8.20. The third-order valence-corrected chi connectivity index (χ3v) is 1.98. The molecule has 4 nitrogen and oxygen atoms in total. The van der Waals surface area contributed by atoms with Crippen molar-refractivity contribution in [1.82, 2.24) is 0 Å². The minimum atomic E-state index is -4.05. The quantitative estimate of drug-likeness (QED) is 0.519. The predicted molar refractivity (Wildman–Crippen MR) is 43.6 cm³/mol. The number of ether oxygens (including phenoxy) is 1. The molecule has 0 saturated heterocycles. The van der Waals surface area contributed by atoms with Crippen LogP contribution in [0.2, 0.25) is 0 Å². The van der Waals surface area contributed by atoms with Gasteiger partial charge >= 0.3 is 10.1 Å². The summed E-state index contributed by atoms with van der Waals surface area (Å²) in [6.45, 7) is 0. The Bertz CT molecular complexity index is 206. The Balaban J connectivity index is 3.67. The van der Waals surface area contributed by atoms with Gasteiger partial charge in [0, 0.05) is 0 Å². The summed E-state index contributed by atoms with van der Waals surface area (Å²) in [4.78, 5) is 0. The van der Waals surface area contributed by atoms with Crippen LogP contribution in [0.3, 0.4) is 0 Å². The van der Waals surface area contributed by atoms with E-state index in [9.17, 15) is 8.42 Å². The Hall–Kier alpha value is 0.150. The average Bonchev–Trinajstić information content (AvgIpc) is 1.81. The maximum atomic E-state index is 10.0. The molecule has 7 heteroatoms. The average molecular weight is 202 g/mol. The smallest absolute Gasteiger partial charge is 0.300 e. The zero-order valence-corrected chi connectivity index (χ0v) is 7.55. The Labute approximate surface area is 68.7 Å². The third-order valence-electron chi connectivity index (χ3n) is 0.492. The molecule has 0 aliphatic carbocycles. The monoisotopic (exact) mass is 202 g/mol. The molecule has 0 heterocycles. The molecule has 1 N–H and O–H groups in total. The molecular formula is C3H6O4S3. The highest BCUT2D eigenvalue weighted by molar-refractivity contribution is 8.22. The van der Waals surface area contributed by atoms with Crippen LogP contribution in [0.5, 0.6) is 0 Å². The molecule has 0 aliphatic heterocycles. The molecule has 0 spiro atoms. The zero-order valence-electron chi connectivity index (χ0n) is 5.10. The number of thioether (sulfide) groups is 1. The molecule has 0 rings (SSSR count). The predicted octanol–water partition coefficient (Wildman–Crippen LogP) is 0.496. The first kappa shape index (κ1) is 10.2. The first-order chi connectivity index (χ1) is 4.45. The van der Waals surface area contributed by atoms with E-state index in [1.54, 1.807) is 6.26 Å². The molecule has 0 aromatic heterocycles. The van der Waals surface area contributed by atoms with Gasteiger partial charge in [-0.15, -0.1) is 0 Å². The highest BCUT2D eigenvalue weighted by atomic mass is 32.2. The van der Waals surface area contributed by atoms with Crippen molar-refractivity contribution in [2.24, 2.45) is 0 Å². The van der Waals surface area contributed by atoms with E-state index in [-0.39, 0.29) is 4.38 Å². The second-order valence-electron chi connectivity index (χ2n) is 1.30. The molecule has 0 bridgehead atoms. The van der Waals surface area contributed by atoms with Crippen molar-refractivity contribution in [1.29, 1.82) is 0 Å². The van der Waals surface area contributed by atoms with Gasteiger partial charge in [-0.2, -0.15) is 8.42 Å². The minimum absolute atomic E-state index is 0.0950. The maximum Gasteiger partial charge on any atom is 0.300 e. The third kappa shape index (κ3) is 6.27. The van der Waals surface area contributed by atoms with Gasteiger partial charge < -0.3 is 4.74 Å². The molecule has 60 valence electrons. The van der Waals surface area contributed by atoms with E-state index in [0.717, 1.165) is 11.8 Å². The Kier molecular flexibility index (Phi) is 4.18. The van der Waals surface area contributed by atoms with Crippen molar-refractivity contribution in [2.75, 3.05) is 12.2 Å². The lowest BCUT2D eigenvalue weighted by molar-refractivity contribution is 0.358. The van der Waals surface area contributed by atoms with Crippen molar-refractivity contribution >= 4 is 38.5 Å². The van der Waals surface area contributed by atoms with Gasteiger partial charge in [-0.3, -0.25) is 4.55 Å². The SMILES string of the molecule is CSC(=S)OCS(=O)(=O)O. The lowest BCUT2D eigenvalue weighted by atomic mass is 11.5. The van der Waals surface area contributed by atoms with Crippen LogP contribution < -0.4 is 0 Å². The molecule has 10 heavy (non-hydrogen) atoms. The van der Waals surface area contributed by atoms with E-state index in [1.165, 1.54) is 0 Å². The standard InChI is InChI=1S/C3H6O4S3/c1-9-3(8)7-2-10(4,5)6/h2H2,1H3,(H,4,5,6). The molecular weight excluding hydrogens is 196 g/mol. The fraction of sp³-hybridized carbons (Fsp3) is 0.667. The first-order valence-corrected chi connectivity index (χ1v) is 5.36. The Morgan fingerprint density at radius 3 is 2.60 bits per heavy atom. The van der Waals surface area contributed by atoms with Gasteiger partial charge in [-0.25, -0.2) is 0 Å². The van der Waals surface area contributed by atoms with E-state index >= 15 is 0 Å². The number of hydrogen-bond acceptors (Lipinski definition) is 5. The van der Waals surface area contributed by atoms with Crippen LogP contribution in [0.25, 0.3) is 0 Å². The van der Waals surface area contributed by atoms with E-state index in [2.05, 4.69) is 17.0 Å². The van der Waals surface area contributed by atoms with Gasteiger partial charge in [0.25, 0.3) is 0 Å². The van der Waals surface area contributed by atoms with E-state index in [4.69, 9.17) is 4.55 Å². The first-order valence-electron chi connectivity index (χ1n) is 2.11. The van der Waals surface area contributed by atoms with Crippen LogP contribution in [0.15, 0.2) is 0 Å². The van der Waals surface area contributed by atoms with Gasteiger partial charge in [-0.05, 0) is 18.5 Å². The molecule has 0 radical (unpaired) electrons. The highest BCUT2D eigenvalue weighted by Crippen LogP contribution is 2.00. The van der Waals surface area contributed by atoms with E-state index < -0.39 is 16.1 Å². The number of thiocarbonyl (C=S) groups is 1. The van der Waals surface area contributed by atoms with Crippen molar-refractivity contribution in [2.45, 2.75) is 0 Å². The van der Waals surface area contributed by atoms with E-state index in [0.29, 0.717) is 0 Å². The molecule has 0 saturated carbocycles. The molecule has 0 unspecified atom stereocenters. The summed E-state index contributed by atoms with van der Waals surface area (Å²) in [5.41, 5.74) is 0. The number of hydrogen-bond donors (Lipinski definition) is 1. The van der Waals surface area contributed by atoms with E-state index in [1.807, 2.05) is 0 Å². The summed E-state index contributed by atoms with van der Waals surface area (Å²) < 4.78 is 32.7. The minimum Gasteiger partial charge on any atom is -0.460 e. The van der Waals surface area contributed by atoms with Crippen LogP contribution >= 0.6 is 24.0 Å². The molecule has 0 aromatic rings. The van der Waals surface area contributed by atoms with Crippen LogP contribution in [0, 0.1) is 0 Å². The lowest BCUT2D eigenvalue weighted by Crippen LogP contribution is -2.09. The van der Waals surface area contributed by atoms with Gasteiger partial charge in [-0.1, -0.05) is 11.8 Å². The molecule has 0 amide bonds. The Morgan fingerprint density at radius 1 is 1.80 bits per heavy atom. The van der Waals surface area contributed by atoms with Crippen molar-refractivity contribution in [3.05, 3.63) is 0 Å². The van der Waals surface area contributed by atoms with Crippen molar-refractivity contribution in [3.8, 4) is 0 Å². The fourth-order valence-corrected chi connectivity index (χ4v) is 0.833. The summed E-state index contributed by atoms with van der Waals surface area (Å²) in [6.07, 6.45) is 1.65. The van der Waals surface area contributed by atoms with Crippen LogP contribution in [-0.2, 0) is 14.9 Å².